The molecule has 0 aliphatic carbocycles. The number of carbonyl (C=O) groups is 1. The summed E-state index contributed by atoms with van der Waals surface area (Å²) >= 11 is 0. The number of rotatable bonds is 4. The van der Waals surface area contributed by atoms with Crippen molar-refractivity contribution in [2.24, 2.45) is 7.05 Å². The van der Waals surface area contributed by atoms with E-state index in [4.69, 9.17) is 0 Å². The minimum Gasteiger partial charge on any atom is -0.390 e. The number of aromatic nitrogens is 4. The normalized spacial score (nSPS) is 13.0. The second-order valence-electron chi connectivity index (χ2n) is 6.83. The number of anilines is 3. The molecule has 0 atom stereocenters. The van der Waals surface area contributed by atoms with Gasteiger partial charge in [-0.1, -0.05) is 12.1 Å². The standard InChI is InChI=1S/C20H18N6O2/c1-25-15(11-27)9-18(24-25)22-17-7-14(10-26-5-4-21-20(17)26)12-2-3-13-8-19(28)23-16(13)6-12/h2-7,9-10,27H,8,11H2,1H3,(H,22,24)(H,23,28). The first kappa shape index (κ1) is 16.5. The first-order valence-electron chi connectivity index (χ1n) is 8.91. The van der Waals surface area contributed by atoms with Gasteiger partial charge in [0, 0.05) is 43.0 Å². The van der Waals surface area contributed by atoms with Crippen LogP contribution in [0.5, 0.6) is 0 Å². The predicted octanol–water partition coefficient (Wildman–Crippen LogP) is 2.47. The molecule has 140 valence electrons. The first-order valence-corrected chi connectivity index (χ1v) is 8.91. The molecule has 1 aliphatic heterocycles. The Hall–Kier alpha value is -3.65. The van der Waals surface area contributed by atoms with Crippen LogP contribution in [0.25, 0.3) is 16.8 Å². The Morgan fingerprint density at radius 2 is 2.14 bits per heavy atom. The van der Waals surface area contributed by atoms with Crippen molar-refractivity contribution in [2.75, 3.05) is 10.6 Å². The summed E-state index contributed by atoms with van der Waals surface area (Å²) in [7, 11) is 1.79. The van der Waals surface area contributed by atoms with Crippen LogP contribution >= 0.6 is 0 Å². The lowest BCUT2D eigenvalue weighted by molar-refractivity contribution is -0.115. The molecule has 0 bridgehead atoms. The van der Waals surface area contributed by atoms with E-state index >= 15 is 0 Å². The van der Waals surface area contributed by atoms with E-state index in [0.717, 1.165) is 33.7 Å². The Balaban J connectivity index is 1.58. The van der Waals surface area contributed by atoms with Crippen LogP contribution in [0.3, 0.4) is 0 Å². The van der Waals surface area contributed by atoms with Gasteiger partial charge < -0.3 is 20.1 Å². The highest BCUT2D eigenvalue weighted by molar-refractivity contribution is 6.00. The number of benzene rings is 1. The molecule has 4 heterocycles. The van der Waals surface area contributed by atoms with Gasteiger partial charge in [0.15, 0.2) is 11.5 Å². The van der Waals surface area contributed by atoms with Crippen molar-refractivity contribution in [3.63, 3.8) is 0 Å². The zero-order valence-corrected chi connectivity index (χ0v) is 15.2. The Morgan fingerprint density at radius 1 is 1.25 bits per heavy atom. The largest absolute Gasteiger partial charge is 0.390 e. The SMILES string of the molecule is Cn1nc(Nc2cc(-c3ccc4c(c3)NC(=O)C4)cn3ccnc23)cc1CO. The number of nitrogens with zero attached hydrogens (tertiary/aromatic N) is 4. The lowest BCUT2D eigenvalue weighted by atomic mass is 10.0. The van der Waals surface area contributed by atoms with Gasteiger partial charge in [-0.25, -0.2) is 4.98 Å². The van der Waals surface area contributed by atoms with Crippen molar-refractivity contribution >= 4 is 28.7 Å². The summed E-state index contributed by atoms with van der Waals surface area (Å²) in [6, 6.07) is 9.81. The zero-order chi connectivity index (χ0) is 19.3. The van der Waals surface area contributed by atoms with Crippen LogP contribution in [0.4, 0.5) is 17.2 Å². The maximum Gasteiger partial charge on any atom is 0.228 e. The number of pyridine rings is 1. The van der Waals surface area contributed by atoms with Gasteiger partial charge in [0.1, 0.15) is 0 Å². The molecule has 1 amide bonds. The minimum absolute atomic E-state index is 0.0226. The van der Waals surface area contributed by atoms with Crippen LogP contribution in [0.2, 0.25) is 0 Å². The number of aliphatic hydroxyl groups is 1. The van der Waals surface area contributed by atoms with Crippen LogP contribution in [-0.4, -0.2) is 30.2 Å². The van der Waals surface area contributed by atoms with Gasteiger partial charge >= 0.3 is 0 Å². The molecule has 8 heteroatoms. The van der Waals surface area contributed by atoms with Crippen molar-refractivity contribution in [3.05, 3.63) is 60.2 Å². The van der Waals surface area contributed by atoms with Gasteiger partial charge in [0.25, 0.3) is 0 Å². The molecule has 0 saturated heterocycles. The van der Waals surface area contributed by atoms with Gasteiger partial charge in [-0.2, -0.15) is 5.10 Å². The van der Waals surface area contributed by atoms with Crippen LogP contribution in [0.15, 0.2) is 48.9 Å². The van der Waals surface area contributed by atoms with E-state index in [1.54, 1.807) is 24.0 Å². The number of hydrogen-bond acceptors (Lipinski definition) is 5. The maximum atomic E-state index is 11.6. The third-order valence-electron chi connectivity index (χ3n) is 4.96. The summed E-state index contributed by atoms with van der Waals surface area (Å²) in [5, 5.41) is 20.0. The van der Waals surface area contributed by atoms with Gasteiger partial charge in [0.05, 0.1) is 24.4 Å². The molecule has 1 aromatic carbocycles. The van der Waals surface area contributed by atoms with Crippen LogP contribution in [-0.2, 0) is 24.9 Å². The Bertz CT molecular complexity index is 1220. The van der Waals surface area contributed by atoms with Gasteiger partial charge in [-0.15, -0.1) is 0 Å². The molecule has 1 aliphatic rings. The monoisotopic (exact) mass is 374 g/mol. The van der Waals surface area contributed by atoms with E-state index in [-0.39, 0.29) is 12.5 Å². The van der Waals surface area contributed by atoms with E-state index < -0.39 is 0 Å². The summed E-state index contributed by atoms with van der Waals surface area (Å²) in [4.78, 5) is 16.1. The first-order chi connectivity index (χ1) is 13.6. The summed E-state index contributed by atoms with van der Waals surface area (Å²) in [5.41, 5.74) is 6.14. The molecule has 28 heavy (non-hydrogen) atoms. The topological polar surface area (TPSA) is 96.5 Å². The molecule has 5 rings (SSSR count). The van der Waals surface area contributed by atoms with Gasteiger partial charge in [-0.3, -0.25) is 9.48 Å². The quantitative estimate of drug-likeness (QED) is 0.510. The fraction of sp³-hybridized carbons (Fsp3) is 0.150. The average molecular weight is 374 g/mol. The lowest BCUT2D eigenvalue weighted by Crippen LogP contribution is -2.03. The van der Waals surface area contributed by atoms with Crippen molar-refractivity contribution in [1.29, 1.82) is 0 Å². The molecule has 3 aromatic heterocycles. The number of aryl methyl sites for hydroxylation is 1. The second-order valence-corrected chi connectivity index (χ2v) is 6.83. The van der Waals surface area contributed by atoms with Crippen molar-refractivity contribution in [3.8, 4) is 11.1 Å². The summed E-state index contributed by atoms with van der Waals surface area (Å²) < 4.78 is 3.58. The minimum atomic E-state index is -0.0785. The van der Waals surface area contributed by atoms with Gasteiger partial charge in [0.2, 0.25) is 5.91 Å². The molecule has 0 spiro atoms. The predicted molar refractivity (Wildman–Crippen MR) is 105 cm³/mol. The fourth-order valence-electron chi connectivity index (χ4n) is 3.53. The lowest BCUT2D eigenvalue weighted by Gasteiger charge is -2.10. The summed E-state index contributed by atoms with van der Waals surface area (Å²) in [6.45, 7) is -0.0785. The van der Waals surface area contributed by atoms with E-state index in [2.05, 4.69) is 20.7 Å². The molecule has 0 unspecified atom stereocenters. The van der Waals surface area contributed by atoms with Crippen LogP contribution in [0.1, 0.15) is 11.3 Å². The maximum absolute atomic E-state index is 11.6. The zero-order valence-electron chi connectivity index (χ0n) is 15.2. The average Bonchev–Trinajstić information content (AvgIpc) is 3.38. The van der Waals surface area contributed by atoms with E-state index in [9.17, 15) is 9.90 Å². The molecular weight excluding hydrogens is 356 g/mol. The fourth-order valence-corrected chi connectivity index (χ4v) is 3.53. The number of carbonyl (C=O) groups excluding carboxylic acids is 1. The van der Waals surface area contributed by atoms with E-state index in [1.165, 1.54) is 0 Å². The third-order valence-corrected chi connectivity index (χ3v) is 4.96. The number of aliphatic hydroxyl groups excluding tert-OH is 1. The van der Waals surface area contributed by atoms with Crippen molar-refractivity contribution in [2.45, 2.75) is 13.0 Å². The number of hydrogen-bond donors (Lipinski definition) is 3. The number of nitrogens with one attached hydrogen (secondary N) is 2. The highest BCUT2D eigenvalue weighted by Crippen LogP contribution is 2.32. The third kappa shape index (κ3) is 2.71. The summed E-state index contributed by atoms with van der Waals surface area (Å²) in [5.74, 6) is 0.657. The molecular formula is C20H18N6O2. The number of amides is 1. The van der Waals surface area contributed by atoms with Crippen molar-refractivity contribution < 1.29 is 9.90 Å². The van der Waals surface area contributed by atoms with Crippen LogP contribution < -0.4 is 10.6 Å². The highest BCUT2D eigenvalue weighted by Gasteiger charge is 2.18. The molecule has 8 nitrogen and oxygen atoms in total. The van der Waals surface area contributed by atoms with Crippen LogP contribution in [0, 0.1) is 0 Å². The molecule has 0 saturated carbocycles. The van der Waals surface area contributed by atoms with E-state index in [0.29, 0.717) is 17.9 Å². The second kappa shape index (κ2) is 6.21. The van der Waals surface area contributed by atoms with E-state index in [1.807, 2.05) is 41.1 Å². The Kier molecular flexibility index (Phi) is 3.66. The number of imidazole rings is 1. The highest BCUT2D eigenvalue weighted by atomic mass is 16.3. The van der Waals surface area contributed by atoms with Crippen molar-refractivity contribution in [1.82, 2.24) is 19.2 Å². The molecule has 4 aromatic rings. The Morgan fingerprint density at radius 3 is 2.96 bits per heavy atom. The molecule has 0 fully saturated rings. The Labute approximate surface area is 160 Å². The smallest absolute Gasteiger partial charge is 0.228 e. The number of fused-ring (bicyclic) bond motifs is 2. The molecule has 3 N–H and O–H groups in total. The molecule has 0 radical (unpaired) electrons. The van der Waals surface area contributed by atoms with Gasteiger partial charge in [-0.05, 0) is 23.3 Å². The summed E-state index contributed by atoms with van der Waals surface area (Å²) in [6.07, 6.45) is 6.06.